The van der Waals surface area contributed by atoms with Crippen LogP contribution in [0.3, 0.4) is 0 Å². The molecule has 1 aliphatic carbocycles. The second-order valence-corrected chi connectivity index (χ2v) is 8.61. The molecule has 1 aliphatic rings. The minimum absolute atomic E-state index is 0.0271. The molecule has 29 heavy (non-hydrogen) atoms. The summed E-state index contributed by atoms with van der Waals surface area (Å²) >= 11 is 0. The number of fused-ring (bicyclic) bond motifs is 1. The molecule has 0 bridgehead atoms. The molecule has 2 atom stereocenters. The highest BCUT2D eigenvalue weighted by atomic mass is 19.1. The highest BCUT2D eigenvalue weighted by Crippen LogP contribution is 2.46. The molecular weight excluding hydrogens is 372 g/mol. The van der Waals surface area contributed by atoms with E-state index in [-0.39, 0.29) is 28.5 Å². The van der Waals surface area contributed by atoms with E-state index in [1.54, 1.807) is 13.0 Å². The summed E-state index contributed by atoms with van der Waals surface area (Å²) in [4.78, 5) is 13.8. The van der Waals surface area contributed by atoms with Gasteiger partial charge in [-0.2, -0.15) is 10.2 Å². The Hall–Kier alpha value is -2.37. The fourth-order valence-electron chi connectivity index (χ4n) is 4.48. The first-order valence-corrected chi connectivity index (χ1v) is 10.3. The molecule has 3 rings (SSSR count). The average molecular weight is 402 g/mol. The molecule has 0 radical (unpaired) electrons. The molecule has 0 spiro atoms. The zero-order chi connectivity index (χ0) is 21.3. The molecule has 6 heteroatoms. The van der Waals surface area contributed by atoms with Gasteiger partial charge in [0.05, 0.1) is 17.0 Å². The molecule has 0 saturated heterocycles. The fourth-order valence-corrected chi connectivity index (χ4v) is 4.48. The molecular formula is C23H29F2N3O. The Kier molecular flexibility index (Phi) is 6.01. The Bertz CT molecular complexity index is 895. The molecule has 1 heterocycles. The molecule has 156 valence electrons. The Labute approximate surface area is 171 Å². The van der Waals surface area contributed by atoms with E-state index in [0.717, 1.165) is 24.1 Å². The van der Waals surface area contributed by atoms with Crippen LogP contribution >= 0.6 is 0 Å². The van der Waals surface area contributed by atoms with Gasteiger partial charge in [-0.05, 0) is 55.4 Å². The number of carbonyl (C=O) groups excluding carboxylic acids is 1. The van der Waals surface area contributed by atoms with Crippen LogP contribution in [0.5, 0.6) is 0 Å². The summed E-state index contributed by atoms with van der Waals surface area (Å²) < 4.78 is 28.7. The summed E-state index contributed by atoms with van der Waals surface area (Å²) in [5.41, 5.74) is 1.55. The molecule has 0 fully saturated rings. The van der Waals surface area contributed by atoms with Crippen LogP contribution < -0.4 is 0 Å². The number of amides is 1. The van der Waals surface area contributed by atoms with E-state index < -0.39 is 11.6 Å². The van der Waals surface area contributed by atoms with Crippen molar-refractivity contribution in [2.24, 2.45) is 5.92 Å². The summed E-state index contributed by atoms with van der Waals surface area (Å²) in [5.74, 6) is -0.676. The van der Waals surface area contributed by atoms with Crippen LogP contribution in [0, 0.1) is 17.6 Å². The van der Waals surface area contributed by atoms with Gasteiger partial charge in [0.2, 0.25) is 5.91 Å². The maximum atomic E-state index is 14.3. The van der Waals surface area contributed by atoms with Crippen molar-refractivity contribution in [2.45, 2.75) is 58.8 Å². The summed E-state index contributed by atoms with van der Waals surface area (Å²) in [6.07, 6.45) is 1.82. The van der Waals surface area contributed by atoms with Crippen molar-refractivity contribution < 1.29 is 13.6 Å². The Balaban J connectivity index is 2.12. The summed E-state index contributed by atoms with van der Waals surface area (Å²) in [7, 11) is 0. The Morgan fingerprint density at radius 2 is 1.93 bits per heavy atom. The lowest BCUT2D eigenvalue weighted by Gasteiger charge is -2.42. The number of nitrogens with zero attached hydrogens (tertiary/aromatic N) is 3. The third kappa shape index (κ3) is 4.02. The first-order chi connectivity index (χ1) is 13.7. The van der Waals surface area contributed by atoms with Crippen LogP contribution in [0.4, 0.5) is 8.78 Å². The second-order valence-electron chi connectivity index (χ2n) is 8.61. The van der Waals surface area contributed by atoms with Gasteiger partial charge in [-0.3, -0.25) is 4.79 Å². The van der Waals surface area contributed by atoms with E-state index in [9.17, 15) is 13.6 Å². The van der Waals surface area contributed by atoms with E-state index in [1.807, 2.05) is 11.8 Å². The SMILES string of the molecule is CCN(C[C@@]1(C)CC[C@H](C(C)C)c2cc(-c3c(F)cccc3F)nnc21)C(C)=O. The number of aromatic nitrogens is 2. The lowest BCUT2D eigenvalue weighted by molar-refractivity contribution is -0.129. The number of carbonyl (C=O) groups is 1. The van der Waals surface area contributed by atoms with Gasteiger partial charge in [-0.25, -0.2) is 8.78 Å². The summed E-state index contributed by atoms with van der Waals surface area (Å²) in [6, 6.07) is 5.61. The van der Waals surface area contributed by atoms with Crippen molar-refractivity contribution in [3.05, 3.63) is 47.2 Å². The van der Waals surface area contributed by atoms with Gasteiger partial charge in [0.1, 0.15) is 11.6 Å². The Morgan fingerprint density at radius 1 is 1.28 bits per heavy atom. The van der Waals surface area contributed by atoms with Crippen molar-refractivity contribution in [1.82, 2.24) is 15.1 Å². The van der Waals surface area contributed by atoms with E-state index >= 15 is 0 Å². The molecule has 0 unspecified atom stereocenters. The summed E-state index contributed by atoms with van der Waals surface area (Å²) in [5, 5.41) is 8.71. The largest absolute Gasteiger partial charge is 0.342 e. The number of rotatable bonds is 5. The molecule has 0 N–H and O–H groups in total. The van der Waals surface area contributed by atoms with Gasteiger partial charge in [0.25, 0.3) is 0 Å². The fraction of sp³-hybridized carbons (Fsp3) is 0.522. The van der Waals surface area contributed by atoms with Crippen molar-refractivity contribution >= 4 is 5.91 Å². The van der Waals surface area contributed by atoms with Gasteiger partial charge >= 0.3 is 0 Å². The van der Waals surface area contributed by atoms with Gasteiger partial charge in [0.15, 0.2) is 0 Å². The molecule has 2 aromatic rings. The summed E-state index contributed by atoms with van der Waals surface area (Å²) in [6.45, 7) is 11.1. The molecule has 4 nitrogen and oxygen atoms in total. The van der Waals surface area contributed by atoms with E-state index in [0.29, 0.717) is 19.0 Å². The predicted molar refractivity (Wildman–Crippen MR) is 109 cm³/mol. The lowest BCUT2D eigenvalue weighted by atomic mass is 9.67. The predicted octanol–water partition coefficient (Wildman–Crippen LogP) is 5.08. The monoisotopic (exact) mass is 401 g/mol. The van der Waals surface area contributed by atoms with Crippen molar-refractivity contribution in [3.63, 3.8) is 0 Å². The molecule has 1 aromatic carbocycles. The number of halogens is 2. The van der Waals surface area contributed by atoms with E-state index in [1.165, 1.54) is 18.2 Å². The number of hydrogen-bond acceptors (Lipinski definition) is 3. The highest BCUT2D eigenvalue weighted by Gasteiger charge is 2.41. The maximum Gasteiger partial charge on any atom is 0.219 e. The molecule has 0 aliphatic heterocycles. The average Bonchev–Trinajstić information content (AvgIpc) is 2.65. The third-order valence-corrected chi connectivity index (χ3v) is 6.19. The maximum absolute atomic E-state index is 14.3. The second kappa shape index (κ2) is 8.17. The van der Waals surface area contributed by atoms with E-state index in [4.69, 9.17) is 0 Å². The number of hydrogen-bond donors (Lipinski definition) is 0. The van der Waals surface area contributed by atoms with Crippen molar-refractivity contribution in [2.75, 3.05) is 13.1 Å². The van der Waals surface area contributed by atoms with Crippen LogP contribution in [-0.4, -0.2) is 34.1 Å². The third-order valence-electron chi connectivity index (χ3n) is 6.19. The quantitative estimate of drug-likeness (QED) is 0.702. The lowest BCUT2D eigenvalue weighted by Crippen LogP contribution is -2.44. The minimum atomic E-state index is -0.646. The first kappa shape index (κ1) is 21.3. The zero-order valence-electron chi connectivity index (χ0n) is 17.8. The zero-order valence-corrected chi connectivity index (χ0v) is 17.8. The van der Waals surface area contributed by atoms with Crippen LogP contribution in [0.1, 0.15) is 64.6 Å². The Morgan fingerprint density at radius 3 is 2.48 bits per heavy atom. The minimum Gasteiger partial charge on any atom is -0.342 e. The van der Waals surface area contributed by atoms with Gasteiger partial charge < -0.3 is 4.90 Å². The standard InChI is InChI=1S/C23H29F2N3O/c1-6-28(15(4)29)13-23(5)11-10-16(14(2)3)17-12-20(26-27-22(17)23)21-18(24)8-7-9-19(21)25/h7-9,12,14,16H,6,10-11,13H2,1-5H3/t16-,23-/m1/s1. The van der Waals surface area contributed by atoms with Crippen molar-refractivity contribution in [3.8, 4) is 11.3 Å². The molecule has 1 amide bonds. The van der Waals surface area contributed by atoms with Crippen LogP contribution in [0.25, 0.3) is 11.3 Å². The number of likely N-dealkylation sites (N-methyl/N-ethyl adjacent to an activating group) is 1. The number of benzene rings is 1. The topological polar surface area (TPSA) is 46.1 Å². The highest BCUT2D eigenvalue weighted by molar-refractivity contribution is 5.73. The molecule has 0 saturated carbocycles. The van der Waals surface area contributed by atoms with E-state index in [2.05, 4.69) is 31.0 Å². The van der Waals surface area contributed by atoms with Crippen LogP contribution in [0.15, 0.2) is 24.3 Å². The molecule has 1 aromatic heterocycles. The van der Waals surface area contributed by atoms with Gasteiger partial charge in [-0.1, -0.05) is 26.8 Å². The smallest absolute Gasteiger partial charge is 0.219 e. The first-order valence-electron chi connectivity index (χ1n) is 10.3. The normalized spacial score (nSPS) is 21.2. The van der Waals surface area contributed by atoms with Gasteiger partial charge in [0, 0.05) is 25.4 Å². The van der Waals surface area contributed by atoms with Crippen LogP contribution in [0.2, 0.25) is 0 Å². The van der Waals surface area contributed by atoms with Crippen LogP contribution in [-0.2, 0) is 10.2 Å². The van der Waals surface area contributed by atoms with Crippen molar-refractivity contribution in [1.29, 1.82) is 0 Å². The van der Waals surface area contributed by atoms with Gasteiger partial charge in [-0.15, -0.1) is 0 Å².